The van der Waals surface area contributed by atoms with Crippen LogP contribution in [-0.4, -0.2) is 17.6 Å². The molecule has 0 unspecified atom stereocenters. The molecule has 25 heavy (non-hydrogen) atoms. The highest BCUT2D eigenvalue weighted by Gasteiger charge is 2.43. The number of halogens is 1. The summed E-state index contributed by atoms with van der Waals surface area (Å²) in [7, 11) is -2.56. The average Bonchev–Trinajstić information content (AvgIpc) is 2.69. The zero-order chi connectivity index (χ0) is 17.5. The van der Waals surface area contributed by atoms with Gasteiger partial charge in [-0.2, -0.15) is 0 Å². The molecule has 0 aliphatic carbocycles. The van der Waals surface area contributed by atoms with Crippen LogP contribution in [0.2, 0.25) is 0 Å². The van der Waals surface area contributed by atoms with Crippen molar-refractivity contribution in [3.63, 3.8) is 0 Å². The molecule has 3 aromatic rings. The summed E-state index contributed by atoms with van der Waals surface area (Å²) >= 11 is 3.35. The molecule has 127 valence electrons. The van der Waals surface area contributed by atoms with E-state index in [9.17, 15) is 4.79 Å². The molecule has 0 fully saturated rings. The van der Waals surface area contributed by atoms with Gasteiger partial charge in [-0.15, -0.1) is 0 Å². The van der Waals surface area contributed by atoms with Gasteiger partial charge in [0.25, 0.3) is 0 Å². The molecule has 0 amide bonds. The summed E-state index contributed by atoms with van der Waals surface area (Å²) < 4.78 is 5.68. The maximum atomic E-state index is 13.4. The predicted molar refractivity (Wildman–Crippen MR) is 110 cm³/mol. The molecule has 1 radical (unpaired) electrons. The molecule has 2 nitrogen and oxygen atoms in total. The van der Waals surface area contributed by atoms with Crippen molar-refractivity contribution in [1.82, 2.24) is 0 Å². The molecule has 0 aromatic heterocycles. The van der Waals surface area contributed by atoms with Gasteiger partial charge in [0.1, 0.15) is 6.61 Å². The van der Waals surface area contributed by atoms with E-state index in [1.165, 1.54) is 0 Å². The third-order valence-corrected chi connectivity index (χ3v) is 8.23. The maximum Gasteiger partial charge on any atom is 0.334 e. The van der Waals surface area contributed by atoms with Crippen molar-refractivity contribution in [1.29, 1.82) is 0 Å². The fraction of sp³-hybridized carbons (Fsp3) is 0.0952. The standard InChI is InChI=1S/C21H19BrO2P/c22-16-17-24-21(23)25(18-10-4-1-5-11-18,19-12-6-2-7-13-19)20-14-8-3-9-15-20/h1-15H,16-17H2. The number of hydrogen-bond acceptors (Lipinski definition) is 2. The minimum Gasteiger partial charge on any atom is -0.461 e. The summed E-state index contributed by atoms with van der Waals surface area (Å²) in [6, 6.07) is 30.0. The van der Waals surface area contributed by atoms with E-state index < -0.39 is 7.26 Å². The average molecular weight is 414 g/mol. The van der Waals surface area contributed by atoms with E-state index >= 15 is 0 Å². The second kappa shape index (κ2) is 8.42. The van der Waals surface area contributed by atoms with Crippen molar-refractivity contribution in [3.8, 4) is 0 Å². The molecule has 0 heterocycles. The Morgan fingerprint density at radius 2 is 1.08 bits per heavy atom. The number of ether oxygens (including phenoxy) is 1. The van der Waals surface area contributed by atoms with Crippen LogP contribution in [0.15, 0.2) is 91.0 Å². The third-order valence-electron chi connectivity index (χ3n) is 4.01. The van der Waals surface area contributed by atoms with Crippen LogP contribution in [0.5, 0.6) is 0 Å². The molecule has 3 aromatic carbocycles. The fourth-order valence-electron chi connectivity index (χ4n) is 2.94. The second-order valence-corrected chi connectivity index (χ2v) is 9.53. The highest BCUT2D eigenvalue weighted by Crippen LogP contribution is 2.56. The SMILES string of the molecule is O=C(OCCBr)[P](c1ccccc1)(c1ccccc1)c1ccccc1. The first-order chi connectivity index (χ1) is 12.3. The number of rotatable bonds is 6. The lowest BCUT2D eigenvalue weighted by atomic mass is 10.4. The van der Waals surface area contributed by atoms with E-state index in [1.807, 2.05) is 91.0 Å². The molecule has 0 saturated heterocycles. The molecular weight excluding hydrogens is 395 g/mol. The van der Waals surface area contributed by atoms with Gasteiger partial charge in [0, 0.05) is 5.33 Å². The van der Waals surface area contributed by atoms with Crippen molar-refractivity contribution in [2.75, 3.05) is 11.9 Å². The molecule has 0 aliphatic rings. The van der Waals surface area contributed by atoms with Gasteiger partial charge in [-0.25, -0.2) is 4.79 Å². The first-order valence-electron chi connectivity index (χ1n) is 8.09. The lowest BCUT2D eigenvalue weighted by molar-refractivity contribution is 0.181. The Kier molecular flexibility index (Phi) is 6.01. The van der Waals surface area contributed by atoms with E-state index in [0.29, 0.717) is 11.9 Å². The van der Waals surface area contributed by atoms with E-state index in [4.69, 9.17) is 4.74 Å². The smallest absolute Gasteiger partial charge is 0.334 e. The normalized spacial score (nSPS) is 11.1. The Balaban J connectivity index is 2.30. The fourth-order valence-corrected chi connectivity index (χ4v) is 6.77. The molecule has 0 saturated carbocycles. The van der Waals surface area contributed by atoms with Crippen LogP contribution in [0.4, 0.5) is 4.79 Å². The monoisotopic (exact) mass is 413 g/mol. The molecular formula is C21H19BrO2P. The highest BCUT2D eigenvalue weighted by atomic mass is 79.9. The summed E-state index contributed by atoms with van der Waals surface area (Å²) in [5.41, 5.74) is -0.157. The largest absolute Gasteiger partial charge is 0.461 e. The quantitative estimate of drug-likeness (QED) is 0.438. The first-order valence-corrected chi connectivity index (χ1v) is 11.0. The lowest BCUT2D eigenvalue weighted by Gasteiger charge is -2.35. The Bertz CT molecular complexity index is 710. The lowest BCUT2D eigenvalue weighted by Crippen LogP contribution is -2.37. The highest BCUT2D eigenvalue weighted by molar-refractivity contribution is 9.09. The predicted octanol–water partition coefficient (Wildman–Crippen LogP) is 4.51. The third kappa shape index (κ3) is 3.53. The topological polar surface area (TPSA) is 26.3 Å². The van der Waals surface area contributed by atoms with Crippen molar-refractivity contribution < 1.29 is 9.53 Å². The van der Waals surface area contributed by atoms with Crippen LogP contribution in [0.3, 0.4) is 0 Å². The molecule has 0 aliphatic heterocycles. The summed E-state index contributed by atoms with van der Waals surface area (Å²) in [4.78, 5) is 13.4. The van der Waals surface area contributed by atoms with Crippen molar-refractivity contribution >= 4 is 44.8 Å². The number of alkyl halides is 1. The van der Waals surface area contributed by atoms with Crippen LogP contribution < -0.4 is 15.9 Å². The van der Waals surface area contributed by atoms with Gasteiger partial charge in [-0.1, -0.05) is 107 Å². The molecule has 3 rings (SSSR count). The number of hydrogen-bond donors (Lipinski definition) is 0. The van der Waals surface area contributed by atoms with Crippen LogP contribution in [-0.2, 0) is 4.74 Å². The molecule has 0 atom stereocenters. The minimum atomic E-state index is -2.56. The van der Waals surface area contributed by atoms with Crippen molar-refractivity contribution in [2.24, 2.45) is 0 Å². The van der Waals surface area contributed by atoms with Gasteiger partial charge in [0.2, 0.25) is 0 Å². The van der Waals surface area contributed by atoms with Crippen LogP contribution in [0.1, 0.15) is 0 Å². The summed E-state index contributed by atoms with van der Waals surface area (Å²) in [6.45, 7) is 0.354. The van der Waals surface area contributed by atoms with E-state index in [1.54, 1.807) is 0 Å². The van der Waals surface area contributed by atoms with Crippen LogP contribution >= 0.6 is 23.2 Å². The van der Waals surface area contributed by atoms with Crippen LogP contribution in [0, 0.1) is 0 Å². The van der Waals surface area contributed by atoms with Gasteiger partial charge >= 0.3 is 5.71 Å². The number of carbonyl (C=O) groups is 1. The zero-order valence-corrected chi connectivity index (χ0v) is 16.2. The Labute approximate surface area is 157 Å². The van der Waals surface area contributed by atoms with E-state index in [-0.39, 0.29) is 5.71 Å². The minimum absolute atomic E-state index is 0.157. The first kappa shape index (κ1) is 17.8. The Morgan fingerprint density at radius 3 is 1.40 bits per heavy atom. The maximum absolute atomic E-state index is 13.4. The Hall–Kier alpha value is -1.96. The van der Waals surface area contributed by atoms with Gasteiger partial charge < -0.3 is 4.74 Å². The number of benzene rings is 3. The van der Waals surface area contributed by atoms with Crippen molar-refractivity contribution in [2.45, 2.75) is 0 Å². The summed E-state index contributed by atoms with van der Waals surface area (Å²) in [6.07, 6.45) is 0. The molecule has 0 spiro atoms. The van der Waals surface area contributed by atoms with Gasteiger partial charge in [-0.05, 0) is 15.9 Å². The molecule has 0 bridgehead atoms. The Morgan fingerprint density at radius 1 is 0.720 bits per heavy atom. The van der Waals surface area contributed by atoms with E-state index in [0.717, 1.165) is 15.9 Å². The van der Waals surface area contributed by atoms with Crippen LogP contribution in [0.25, 0.3) is 0 Å². The molecule has 4 heteroatoms. The van der Waals surface area contributed by atoms with Gasteiger partial charge in [0.15, 0.2) is 0 Å². The summed E-state index contributed by atoms with van der Waals surface area (Å²) in [5.74, 6) is 0. The van der Waals surface area contributed by atoms with E-state index in [2.05, 4.69) is 15.9 Å². The summed E-state index contributed by atoms with van der Waals surface area (Å²) in [5, 5.41) is 3.64. The molecule has 0 N–H and O–H groups in total. The van der Waals surface area contributed by atoms with Crippen molar-refractivity contribution in [3.05, 3.63) is 91.0 Å². The van der Waals surface area contributed by atoms with Gasteiger partial charge in [0.05, 0.1) is 7.26 Å². The zero-order valence-electron chi connectivity index (χ0n) is 13.7. The van der Waals surface area contributed by atoms with Gasteiger partial charge in [-0.3, -0.25) is 0 Å². The second-order valence-electron chi connectivity index (χ2n) is 5.48. The number of carbonyl (C=O) groups excluding carboxylic acids is 1.